The highest BCUT2D eigenvalue weighted by Crippen LogP contribution is 2.31. The molecule has 28 heavy (non-hydrogen) atoms. The molecule has 1 aliphatic heterocycles. The smallest absolute Gasteiger partial charge is 0.324 e. The van der Waals surface area contributed by atoms with E-state index in [0.717, 1.165) is 23.8 Å². The Labute approximate surface area is 164 Å². The molecule has 1 aliphatic rings. The van der Waals surface area contributed by atoms with Crippen LogP contribution in [0.3, 0.4) is 0 Å². The molecule has 2 aromatic carbocycles. The van der Waals surface area contributed by atoms with Crippen molar-refractivity contribution in [3.63, 3.8) is 0 Å². The minimum absolute atomic E-state index is 0.320. The molecule has 146 valence electrons. The van der Waals surface area contributed by atoms with Gasteiger partial charge in [-0.25, -0.2) is 13.6 Å². The number of nitrogens with zero attached hydrogens (tertiary/aromatic N) is 1. The average molecular weight is 408 g/mol. The first-order valence-corrected chi connectivity index (χ1v) is 8.65. The van der Waals surface area contributed by atoms with Gasteiger partial charge in [0.25, 0.3) is 5.91 Å². The number of imide groups is 1. The first-order chi connectivity index (χ1) is 13.1. The molecular formula is C19H16ClF2N3O3. The quantitative estimate of drug-likeness (QED) is 0.763. The number of nitrogens with one attached hydrogen (secondary N) is 2. The van der Waals surface area contributed by atoms with Crippen LogP contribution in [0.15, 0.2) is 36.4 Å². The van der Waals surface area contributed by atoms with Gasteiger partial charge < -0.3 is 10.6 Å². The highest BCUT2D eigenvalue weighted by molar-refractivity contribution is 6.31. The topological polar surface area (TPSA) is 78.5 Å². The number of anilines is 1. The van der Waals surface area contributed by atoms with E-state index in [0.29, 0.717) is 15.6 Å². The van der Waals surface area contributed by atoms with Crippen molar-refractivity contribution in [2.24, 2.45) is 0 Å². The molecule has 2 aromatic rings. The molecule has 6 nitrogen and oxygen atoms in total. The Morgan fingerprint density at radius 2 is 1.93 bits per heavy atom. The third-order valence-electron chi connectivity index (χ3n) is 4.52. The van der Waals surface area contributed by atoms with E-state index in [2.05, 4.69) is 10.6 Å². The maximum absolute atomic E-state index is 14.1. The van der Waals surface area contributed by atoms with E-state index in [1.165, 1.54) is 13.0 Å². The number of carbonyl (C=O) groups is 3. The first kappa shape index (κ1) is 19.8. The predicted octanol–water partition coefficient (Wildman–Crippen LogP) is 3.33. The molecule has 0 aliphatic carbocycles. The van der Waals surface area contributed by atoms with Crippen molar-refractivity contribution in [2.45, 2.75) is 19.4 Å². The summed E-state index contributed by atoms with van der Waals surface area (Å²) in [6.07, 6.45) is 0. The number of halogens is 3. The molecule has 2 N–H and O–H groups in total. The molecule has 0 spiro atoms. The highest BCUT2D eigenvalue weighted by Gasteiger charge is 2.50. The molecular weight excluding hydrogens is 392 g/mol. The Balaban J connectivity index is 1.81. The summed E-state index contributed by atoms with van der Waals surface area (Å²) in [5, 5.41) is 5.32. The van der Waals surface area contributed by atoms with E-state index in [-0.39, 0.29) is 5.56 Å². The molecule has 0 bridgehead atoms. The monoisotopic (exact) mass is 407 g/mol. The summed E-state index contributed by atoms with van der Waals surface area (Å²) < 4.78 is 27.7. The molecule has 1 fully saturated rings. The zero-order valence-corrected chi connectivity index (χ0v) is 15.7. The van der Waals surface area contributed by atoms with Crippen molar-refractivity contribution < 1.29 is 23.2 Å². The summed E-state index contributed by atoms with van der Waals surface area (Å²) in [4.78, 5) is 38.0. The van der Waals surface area contributed by atoms with E-state index in [1.54, 1.807) is 19.1 Å². The fourth-order valence-corrected chi connectivity index (χ4v) is 3.14. The number of hydrogen-bond donors (Lipinski definition) is 2. The molecule has 0 unspecified atom stereocenters. The van der Waals surface area contributed by atoms with Crippen LogP contribution in [0.2, 0.25) is 5.02 Å². The fourth-order valence-electron chi connectivity index (χ4n) is 2.97. The molecule has 0 radical (unpaired) electrons. The first-order valence-electron chi connectivity index (χ1n) is 8.27. The molecule has 3 rings (SSSR count). The van der Waals surface area contributed by atoms with Gasteiger partial charge in [0.2, 0.25) is 5.91 Å². The van der Waals surface area contributed by atoms with E-state index in [4.69, 9.17) is 11.6 Å². The lowest BCUT2D eigenvalue weighted by molar-refractivity contribution is -0.133. The molecule has 0 saturated carbocycles. The maximum Gasteiger partial charge on any atom is 0.325 e. The maximum atomic E-state index is 14.1. The van der Waals surface area contributed by atoms with E-state index in [9.17, 15) is 23.2 Å². The van der Waals surface area contributed by atoms with Gasteiger partial charge in [0.05, 0.1) is 0 Å². The van der Waals surface area contributed by atoms with Crippen LogP contribution in [0.1, 0.15) is 18.1 Å². The number of carbonyl (C=O) groups excluding carboxylic acids is 3. The average Bonchev–Trinajstić information content (AvgIpc) is 2.84. The van der Waals surface area contributed by atoms with Crippen LogP contribution in [0.5, 0.6) is 0 Å². The van der Waals surface area contributed by atoms with Gasteiger partial charge in [-0.05, 0) is 49.7 Å². The zero-order valence-electron chi connectivity index (χ0n) is 15.0. The number of aryl methyl sites for hydroxylation is 1. The number of hydrogen-bond acceptors (Lipinski definition) is 3. The van der Waals surface area contributed by atoms with Gasteiger partial charge in [0.15, 0.2) is 0 Å². The molecule has 4 amide bonds. The number of benzene rings is 2. The van der Waals surface area contributed by atoms with E-state index in [1.807, 2.05) is 0 Å². The Bertz CT molecular complexity index is 998. The molecule has 1 atom stereocenters. The normalized spacial score (nSPS) is 19.0. The molecule has 1 heterocycles. The minimum atomic E-state index is -1.82. The lowest BCUT2D eigenvalue weighted by Gasteiger charge is -2.22. The lowest BCUT2D eigenvalue weighted by Crippen LogP contribution is -2.42. The Morgan fingerprint density at radius 3 is 2.64 bits per heavy atom. The third kappa shape index (κ3) is 3.55. The number of rotatable bonds is 4. The summed E-state index contributed by atoms with van der Waals surface area (Å²) in [6, 6.07) is 6.63. The van der Waals surface area contributed by atoms with Crippen LogP contribution in [0, 0.1) is 18.6 Å². The van der Waals surface area contributed by atoms with Crippen molar-refractivity contribution in [1.82, 2.24) is 10.2 Å². The van der Waals surface area contributed by atoms with Crippen LogP contribution < -0.4 is 10.6 Å². The van der Waals surface area contributed by atoms with Crippen LogP contribution in [-0.4, -0.2) is 29.3 Å². The standard InChI is InChI=1S/C19H16ClF2N3O3/c1-10-3-4-11(20)7-15(10)23-16(26)9-25-17(27)19(2,24-18(25)28)13-8-12(21)5-6-14(13)22/h3-8H,9H2,1-2H3,(H,23,26)(H,24,28)/t19-/m0/s1. The van der Waals surface area contributed by atoms with Crippen LogP contribution >= 0.6 is 11.6 Å². The molecule has 1 saturated heterocycles. The molecule has 0 aromatic heterocycles. The predicted molar refractivity (Wildman–Crippen MR) is 98.8 cm³/mol. The van der Waals surface area contributed by atoms with Gasteiger partial charge in [-0.1, -0.05) is 17.7 Å². The van der Waals surface area contributed by atoms with Crippen LogP contribution in [-0.2, 0) is 15.1 Å². The summed E-state index contributed by atoms with van der Waals surface area (Å²) in [7, 11) is 0. The van der Waals surface area contributed by atoms with Crippen LogP contribution in [0.25, 0.3) is 0 Å². The van der Waals surface area contributed by atoms with Crippen molar-refractivity contribution >= 4 is 35.1 Å². The number of amides is 4. The van der Waals surface area contributed by atoms with Crippen molar-refractivity contribution in [1.29, 1.82) is 0 Å². The van der Waals surface area contributed by atoms with E-state index < -0.39 is 41.6 Å². The summed E-state index contributed by atoms with van der Waals surface area (Å²) in [5.41, 5.74) is -0.972. The Hall–Kier alpha value is -3.00. The van der Waals surface area contributed by atoms with Crippen molar-refractivity contribution in [3.05, 3.63) is 64.2 Å². The lowest BCUT2D eigenvalue weighted by atomic mass is 9.91. The second kappa shape index (κ2) is 7.20. The fraction of sp³-hybridized carbons (Fsp3) is 0.211. The Morgan fingerprint density at radius 1 is 1.21 bits per heavy atom. The second-order valence-electron chi connectivity index (χ2n) is 6.58. The van der Waals surface area contributed by atoms with Gasteiger partial charge in [0, 0.05) is 16.3 Å². The SMILES string of the molecule is Cc1ccc(Cl)cc1NC(=O)CN1C(=O)N[C@@](C)(c2cc(F)ccc2F)C1=O. The van der Waals surface area contributed by atoms with E-state index >= 15 is 0 Å². The van der Waals surface area contributed by atoms with Gasteiger partial charge in [-0.2, -0.15) is 0 Å². The summed E-state index contributed by atoms with van der Waals surface area (Å²) in [6.45, 7) is 2.41. The second-order valence-corrected chi connectivity index (χ2v) is 7.01. The van der Waals surface area contributed by atoms with Gasteiger partial charge in [-0.3, -0.25) is 14.5 Å². The van der Waals surface area contributed by atoms with Crippen molar-refractivity contribution in [2.75, 3.05) is 11.9 Å². The highest BCUT2D eigenvalue weighted by atomic mass is 35.5. The zero-order chi connectivity index (χ0) is 20.6. The summed E-state index contributed by atoms with van der Waals surface area (Å²) in [5.74, 6) is -3.11. The van der Waals surface area contributed by atoms with Crippen LogP contribution in [0.4, 0.5) is 19.3 Å². The minimum Gasteiger partial charge on any atom is -0.324 e. The third-order valence-corrected chi connectivity index (χ3v) is 4.75. The number of urea groups is 1. The Kier molecular flexibility index (Phi) is 5.08. The van der Waals surface area contributed by atoms with Crippen molar-refractivity contribution in [3.8, 4) is 0 Å². The summed E-state index contributed by atoms with van der Waals surface area (Å²) >= 11 is 5.90. The molecule has 9 heteroatoms. The van der Waals surface area contributed by atoms with Gasteiger partial charge in [-0.15, -0.1) is 0 Å². The largest absolute Gasteiger partial charge is 0.325 e. The van der Waals surface area contributed by atoms with Gasteiger partial charge >= 0.3 is 6.03 Å². The van der Waals surface area contributed by atoms with Gasteiger partial charge in [0.1, 0.15) is 23.7 Å².